The van der Waals surface area contributed by atoms with Gasteiger partial charge in [-0.3, -0.25) is 9.36 Å². The van der Waals surface area contributed by atoms with Crippen LogP contribution in [0, 0.1) is 11.8 Å². The van der Waals surface area contributed by atoms with Crippen molar-refractivity contribution in [2.24, 2.45) is 7.05 Å². The van der Waals surface area contributed by atoms with Crippen molar-refractivity contribution in [2.45, 2.75) is 18.8 Å². The predicted octanol–water partition coefficient (Wildman–Crippen LogP) is 6.54. The summed E-state index contributed by atoms with van der Waals surface area (Å²) in [5, 5.41) is 3.89. The van der Waals surface area contributed by atoms with Crippen LogP contribution in [0.1, 0.15) is 24.3 Å². The summed E-state index contributed by atoms with van der Waals surface area (Å²) in [4.78, 5) is 28.3. The molecular formula is C31H27ClF2N6O. The van der Waals surface area contributed by atoms with Gasteiger partial charge in [0, 0.05) is 57.8 Å². The molecule has 0 atom stereocenters. The van der Waals surface area contributed by atoms with E-state index in [1.165, 1.54) is 34.5 Å². The molecule has 5 aromatic rings. The van der Waals surface area contributed by atoms with Crippen molar-refractivity contribution in [1.82, 2.24) is 24.4 Å². The van der Waals surface area contributed by atoms with Crippen molar-refractivity contribution < 1.29 is 8.78 Å². The normalized spacial score (nSPS) is 14.5. The second kappa shape index (κ2) is 11.0. The Labute approximate surface area is 240 Å². The molecule has 3 aromatic heterocycles. The molecule has 41 heavy (non-hydrogen) atoms. The van der Waals surface area contributed by atoms with E-state index in [1.807, 2.05) is 12.1 Å². The van der Waals surface area contributed by atoms with Crippen molar-refractivity contribution in [3.63, 3.8) is 0 Å². The molecule has 10 heteroatoms. The van der Waals surface area contributed by atoms with Crippen molar-refractivity contribution >= 4 is 34.3 Å². The Bertz CT molecular complexity index is 1820. The number of rotatable bonds is 5. The highest BCUT2D eigenvalue weighted by atomic mass is 35.5. The second-order valence-electron chi connectivity index (χ2n) is 10.4. The fraction of sp³-hybridized carbons (Fsp3) is 0.226. The molecule has 0 amide bonds. The van der Waals surface area contributed by atoms with Crippen LogP contribution in [-0.4, -0.2) is 44.6 Å². The van der Waals surface area contributed by atoms with E-state index < -0.39 is 17.3 Å². The fourth-order valence-corrected chi connectivity index (χ4v) is 5.62. The summed E-state index contributed by atoms with van der Waals surface area (Å²) in [7, 11) is 3.74. The van der Waals surface area contributed by atoms with Gasteiger partial charge in [0.2, 0.25) is 11.9 Å². The Kier molecular flexibility index (Phi) is 7.23. The first kappa shape index (κ1) is 27.0. The molecule has 4 heterocycles. The lowest BCUT2D eigenvalue weighted by atomic mass is 9.89. The number of hydrogen-bond acceptors (Lipinski definition) is 6. The summed E-state index contributed by atoms with van der Waals surface area (Å²) in [6.07, 6.45) is 5.18. The third-order valence-electron chi connectivity index (χ3n) is 7.70. The van der Waals surface area contributed by atoms with Gasteiger partial charge >= 0.3 is 0 Å². The van der Waals surface area contributed by atoms with E-state index in [9.17, 15) is 9.18 Å². The van der Waals surface area contributed by atoms with Crippen molar-refractivity contribution in [1.29, 1.82) is 0 Å². The van der Waals surface area contributed by atoms with Crippen LogP contribution in [0.15, 0.2) is 71.8 Å². The highest BCUT2D eigenvalue weighted by Crippen LogP contribution is 2.35. The molecule has 0 aliphatic carbocycles. The zero-order chi connectivity index (χ0) is 28.7. The first-order valence-corrected chi connectivity index (χ1v) is 13.7. The Balaban J connectivity index is 1.29. The van der Waals surface area contributed by atoms with Gasteiger partial charge in [-0.1, -0.05) is 23.7 Å². The summed E-state index contributed by atoms with van der Waals surface area (Å²) in [5.41, 5.74) is 2.47. The lowest BCUT2D eigenvalue weighted by Gasteiger charge is -2.29. The Morgan fingerprint density at radius 3 is 2.41 bits per heavy atom. The minimum atomic E-state index is -0.813. The molecule has 0 spiro atoms. The van der Waals surface area contributed by atoms with Crippen LogP contribution >= 0.6 is 11.6 Å². The van der Waals surface area contributed by atoms with E-state index in [-0.39, 0.29) is 27.3 Å². The lowest BCUT2D eigenvalue weighted by Crippen LogP contribution is -2.29. The molecule has 1 aliphatic heterocycles. The van der Waals surface area contributed by atoms with E-state index in [2.05, 4.69) is 44.3 Å². The zero-order valence-electron chi connectivity index (χ0n) is 22.5. The highest BCUT2D eigenvalue weighted by Gasteiger charge is 2.20. The van der Waals surface area contributed by atoms with Gasteiger partial charge in [-0.15, -0.1) is 0 Å². The number of aromatic nitrogens is 4. The van der Waals surface area contributed by atoms with E-state index in [0.717, 1.165) is 37.7 Å². The predicted molar refractivity (Wildman–Crippen MR) is 158 cm³/mol. The molecule has 1 saturated heterocycles. The minimum absolute atomic E-state index is 0.0187. The maximum Gasteiger partial charge on any atom is 0.259 e. The number of halogens is 3. The summed E-state index contributed by atoms with van der Waals surface area (Å²) in [6, 6.07) is 15.3. The topological polar surface area (TPSA) is 75.9 Å². The van der Waals surface area contributed by atoms with Gasteiger partial charge < -0.3 is 10.2 Å². The van der Waals surface area contributed by atoms with Crippen LogP contribution in [0.2, 0.25) is 5.02 Å². The SMILES string of the molecule is CN1CCC(c2ccc(Nc3ncc4cc(-c5cc(F)c(-c6cccnc6F)cc5Cl)c(=O)n(C)c4n3)cc2)CC1. The number of likely N-dealkylation sites (tertiary alicyclic amines) is 1. The molecular weight excluding hydrogens is 546 g/mol. The fourth-order valence-electron chi connectivity index (χ4n) is 5.36. The standard InChI is InChI=1S/C31H27ClF2N6O/c1-39-12-9-19(10-13-39)18-5-7-21(8-6-18)37-31-36-17-20-14-25(30(41)40(2)29(20)38-31)23-16-27(33)24(15-26(23)32)22-4-3-11-35-28(22)34/h3-8,11,14-17,19H,9-10,12-13H2,1-2H3,(H,36,37,38). The van der Waals surface area contributed by atoms with Crippen LogP contribution in [0.5, 0.6) is 0 Å². The van der Waals surface area contributed by atoms with Crippen LogP contribution in [0.3, 0.4) is 0 Å². The monoisotopic (exact) mass is 572 g/mol. The molecule has 7 nitrogen and oxygen atoms in total. The van der Waals surface area contributed by atoms with Crippen molar-refractivity contribution in [2.75, 3.05) is 25.5 Å². The van der Waals surface area contributed by atoms with E-state index in [4.69, 9.17) is 11.6 Å². The van der Waals surface area contributed by atoms with Crippen molar-refractivity contribution in [3.8, 4) is 22.3 Å². The number of fused-ring (bicyclic) bond motifs is 1. The Morgan fingerprint density at radius 1 is 0.927 bits per heavy atom. The first-order chi connectivity index (χ1) is 19.8. The van der Waals surface area contributed by atoms with E-state index >= 15 is 4.39 Å². The summed E-state index contributed by atoms with van der Waals surface area (Å²) < 4.78 is 30.7. The van der Waals surface area contributed by atoms with Crippen LogP contribution in [0.25, 0.3) is 33.3 Å². The van der Waals surface area contributed by atoms with Gasteiger partial charge in [-0.05, 0) is 86.9 Å². The number of aryl methyl sites for hydroxylation is 1. The number of hydrogen-bond donors (Lipinski definition) is 1. The van der Waals surface area contributed by atoms with E-state index in [0.29, 0.717) is 22.9 Å². The average molecular weight is 573 g/mol. The average Bonchev–Trinajstić information content (AvgIpc) is 2.97. The van der Waals surface area contributed by atoms with E-state index in [1.54, 1.807) is 19.3 Å². The molecule has 0 saturated carbocycles. The quantitative estimate of drug-likeness (QED) is 0.241. The lowest BCUT2D eigenvalue weighted by molar-refractivity contribution is 0.255. The number of nitrogens with one attached hydrogen (secondary N) is 1. The molecule has 2 aromatic carbocycles. The number of pyridine rings is 2. The van der Waals surface area contributed by atoms with Gasteiger partial charge in [-0.25, -0.2) is 14.4 Å². The molecule has 0 unspecified atom stereocenters. The maximum atomic E-state index is 15.1. The Hall–Kier alpha value is -4.21. The summed E-state index contributed by atoms with van der Waals surface area (Å²) in [6.45, 7) is 2.21. The third kappa shape index (κ3) is 5.30. The van der Waals surface area contributed by atoms with Crippen LogP contribution in [-0.2, 0) is 7.05 Å². The molecule has 208 valence electrons. The minimum Gasteiger partial charge on any atom is -0.324 e. The van der Waals surface area contributed by atoms with Gasteiger partial charge in [-0.2, -0.15) is 9.37 Å². The molecule has 1 aliphatic rings. The summed E-state index contributed by atoms with van der Waals surface area (Å²) in [5.74, 6) is -0.627. The molecule has 0 radical (unpaired) electrons. The third-order valence-corrected chi connectivity index (χ3v) is 8.01. The van der Waals surface area contributed by atoms with Gasteiger partial charge in [0.25, 0.3) is 5.56 Å². The first-order valence-electron chi connectivity index (χ1n) is 13.3. The molecule has 6 rings (SSSR count). The highest BCUT2D eigenvalue weighted by molar-refractivity contribution is 6.33. The van der Waals surface area contributed by atoms with Gasteiger partial charge in [0.05, 0.1) is 0 Å². The number of nitrogens with zero attached hydrogens (tertiary/aromatic N) is 5. The Morgan fingerprint density at radius 2 is 1.68 bits per heavy atom. The molecule has 1 N–H and O–H groups in total. The van der Waals surface area contributed by atoms with Gasteiger partial charge in [0.15, 0.2) is 0 Å². The van der Waals surface area contributed by atoms with Crippen LogP contribution < -0.4 is 10.9 Å². The van der Waals surface area contributed by atoms with Crippen LogP contribution in [0.4, 0.5) is 20.4 Å². The maximum absolute atomic E-state index is 15.1. The number of anilines is 2. The second-order valence-corrected chi connectivity index (χ2v) is 10.8. The largest absolute Gasteiger partial charge is 0.324 e. The zero-order valence-corrected chi connectivity index (χ0v) is 23.3. The molecule has 0 bridgehead atoms. The van der Waals surface area contributed by atoms with Gasteiger partial charge in [0.1, 0.15) is 11.5 Å². The molecule has 1 fully saturated rings. The smallest absolute Gasteiger partial charge is 0.259 e. The number of benzene rings is 2. The number of piperidine rings is 1. The summed E-state index contributed by atoms with van der Waals surface area (Å²) >= 11 is 6.50. The van der Waals surface area contributed by atoms with Crippen molar-refractivity contribution in [3.05, 3.63) is 99.7 Å².